The van der Waals surface area contributed by atoms with Crippen LogP contribution in [0.5, 0.6) is 5.75 Å². The zero-order valence-electron chi connectivity index (χ0n) is 20.2. The Kier molecular flexibility index (Phi) is 7.95. The second-order valence-electron chi connectivity index (χ2n) is 9.02. The van der Waals surface area contributed by atoms with E-state index < -0.39 is 17.9 Å². The predicted octanol–water partition coefficient (Wildman–Crippen LogP) is 4.94. The molecule has 0 heterocycles. The molecular formula is C28H26ClFN4O3. The van der Waals surface area contributed by atoms with E-state index >= 15 is 0 Å². The normalized spacial score (nSPS) is 14.1. The molecule has 1 aliphatic carbocycles. The van der Waals surface area contributed by atoms with Crippen molar-refractivity contribution < 1.29 is 18.7 Å². The molecule has 1 aliphatic rings. The maximum Gasteiger partial charge on any atom is 0.319 e. The fourth-order valence-electron chi connectivity index (χ4n) is 4.08. The zero-order chi connectivity index (χ0) is 26.4. The lowest BCUT2D eigenvalue weighted by Gasteiger charge is -2.22. The number of hydrogen-bond donors (Lipinski definition) is 3. The molecule has 0 aliphatic heterocycles. The summed E-state index contributed by atoms with van der Waals surface area (Å²) >= 11 is 5.97. The van der Waals surface area contributed by atoms with Gasteiger partial charge in [0.1, 0.15) is 17.6 Å². The Labute approximate surface area is 219 Å². The van der Waals surface area contributed by atoms with E-state index in [4.69, 9.17) is 21.6 Å². The average molecular weight is 521 g/mol. The highest BCUT2D eigenvalue weighted by Gasteiger charge is 2.45. The molecule has 3 aromatic rings. The summed E-state index contributed by atoms with van der Waals surface area (Å²) in [5.74, 6) is -0.186. The number of urea groups is 1. The largest absolute Gasteiger partial charge is 0.497 e. The topological polar surface area (TPSA) is 103 Å². The number of benzene rings is 3. The van der Waals surface area contributed by atoms with E-state index in [2.05, 4.69) is 22.0 Å². The van der Waals surface area contributed by atoms with Crippen LogP contribution < -0.4 is 20.7 Å². The highest BCUT2D eigenvalue weighted by Crippen LogP contribution is 2.48. The predicted molar refractivity (Wildman–Crippen MR) is 139 cm³/mol. The molecule has 190 valence electrons. The lowest BCUT2D eigenvalue weighted by atomic mass is 9.95. The first-order valence-corrected chi connectivity index (χ1v) is 12.1. The summed E-state index contributed by atoms with van der Waals surface area (Å²) in [6, 6.07) is 18.9. The van der Waals surface area contributed by atoms with Crippen molar-refractivity contribution in [3.63, 3.8) is 0 Å². The first-order chi connectivity index (χ1) is 17.8. The van der Waals surface area contributed by atoms with Gasteiger partial charge in [0.25, 0.3) is 0 Å². The van der Waals surface area contributed by atoms with Crippen molar-refractivity contribution in [2.45, 2.75) is 30.7 Å². The quantitative estimate of drug-likeness (QED) is 0.372. The van der Waals surface area contributed by atoms with Gasteiger partial charge < -0.3 is 20.7 Å². The Hall–Kier alpha value is -4.09. The number of methoxy groups -OCH3 is 1. The third-order valence-electron chi connectivity index (χ3n) is 6.48. The summed E-state index contributed by atoms with van der Waals surface area (Å²) in [5, 5.41) is 17.5. The number of ether oxygens (including phenoxy) is 1. The standard InChI is InChI=1S/C28H26ClFN4O3/c1-37-22-9-7-21(8-10-22)33-27(36)34-25(14-18-2-4-19(16-31)5-3-18)26(35)32-17-28(12-13-28)20-6-11-24(30)23(29)15-20/h2-11,15,25H,12-14,17H2,1H3,(H,32,35)(H2,33,34,36)/t25-/m1/s1. The summed E-state index contributed by atoms with van der Waals surface area (Å²) in [7, 11) is 1.55. The average Bonchev–Trinajstić information content (AvgIpc) is 3.70. The number of nitrogens with one attached hydrogen (secondary N) is 3. The van der Waals surface area contributed by atoms with Crippen molar-refractivity contribution in [3.8, 4) is 11.8 Å². The van der Waals surface area contributed by atoms with Crippen molar-refractivity contribution in [1.29, 1.82) is 5.26 Å². The molecule has 3 N–H and O–H groups in total. The summed E-state index contributed by atoms with van der Waals surface area (Å²) in [5.41, 5.74) is 2.39. The van der Waals surface area contributed by atoms with Gasteiger partial charge in [-0.25, -0.2) is 9.18 Å². The van der Waals surface area contributed by atoms with E-state index in [0.29, 0.717) is 23.5 Å². The van der Waals surface area contributed by atoms with Crippen LogP contribution in [-0.2, 0) is 16.6 Å². The molecule has 3 aromatic carbocycles. The van der Waals surface area contributed by atoms with E-state index in [1.165, 1.54) is 6.07 Å². The molecule has 1 saturated carbocycles. The number of hydrogen-bond acceptors (Lipinski definition) is 4. The maximum absolute atomic E-state index is 13.6. The number of nitrogens with zero attached hydrogens (tertiary/aromatic N) is 1. The van der Waals surface area contributed by atoms with Crippen molar-refractivity contribution in [3.05, 3.63) is 94.3 Å². The molecule has 4 rings (SSSR count). The van der Waals surface area contributed by atoms with E-state index in [1.54, 1.807) is 67.8 Å². The van der Waals surface area contributed by atoms with Gasteiger partial charge in [-0.3, -0.25) is 4.79 Å². The van der Waals surface area contributed by atoms with E-state index in [-0.39, 0.29) is 22.8 Å². The molecular weight excluding hydrogens is 495 g/mol. The Bertz CT molecular complexity index is 1320. The minimum Gasteiger partial charge on any atom is -0.497 e. The molecule has 9 heteroatoms. The van der Waals surface area contributed by atoms with Crippen LogP contribution in [0.25, 0.3) is 0 Å². The number of anilines is 1. The van der Waals surface area contributed by atoms with Gasteiger partial charge >= 0.3 is 6.03 Å². The Morgan fingerprint density at radius 1 is 1.11 bits per heavy atom. The Morgan fingerprint density at radius 3 is 2.41 bits per heavy atom. The molecule has 0 bridgehead atoms. The van der Waals surface area contributed by atoms with E-state index in [9.17, 15) is 14.0 Å². The van der Waals surface area contributed by atoms with Crippen LogP contribution in [0.2, 0.25) is 5.02 Å². The first kappa shape index (κ1) is 26.0. The molecule has 0 spiro atoms. The Balaban J connectivity index is 1.45. The van der Waals surface area contributed by atoms with Gasteiger partial charge in [0.15, 0.2) is 0 Å². The van der Waals surface area contributed by atoms with Gasteiger partial charge in [-0.05, 0) is 72.5 Å². The molecule has 3 amide bonds. The van der Waals surface area contributed by atoms with Crippen LogP contribution in [0.3, 0.4) is 0 Å². The number of amides is 3. The fraction of sp³-hybridized carbons (Fsp3) is 0.250. The molecule has 7 nitrogen and oxygen atoms in total. The molecule has 0 unspecified atom stereocenters. The second kappa shape index (κ2) is 11.3. The van der Waals surface area contributed by atoms with Crippen LogP contribution in [0.4, 0.5) is 14.9 Å². The summed E-state index contributed by atoms with van der Waals surface area (Å²) < 4.78 is 18.8. The van der Waals surface area contributed by atoms with Gasteiger partial charge in [0.2, 0.25) is 5.91 Å². The number of nitriles is 1. The third-order valence-corrected chi connectivity index (χ3v) is 6.77. The van der Waals surface area contributed by atoms with Crippen LogP contribution in [0, 0.1) is 17.1 Å². The lowest BCUT2D eigenvalue weighted by molar-refractivity contribution is -0.123. The first-order valence-electron chi connectivity index (χ1n) is 11.8. The zero-order valence-corrected chi connectivity index (χ0v) is 20.9. The highest BCUT2D eigenvalue weighted by molar-refractivity contribution is 6.30. The van der Waals surface area contributed by atoms with Gasteiger partial charge in [-0.1, -0.05) is 29.8 Å². The molecule has 1 atom stereocenters. The monoisotopic (exact) mass is 520 g/mol. The fourth-order valence-corrected chi connectivity index (χ4v) is 4.26. The van der Waals surface area contributed by atoms with Gasteiger partial charge in [-0.15, -0.1) is 0 Å². The van der Waals surface area contributed by atoms with Crippen LogP contribution in [0.1, 0.15) is 29.5 Å². The number of carbonyl (C=O) groups excluding carboxylic acids is 2. The van der Waals surface area contributed by atoms with Gasteiger partial charge in [0.05, 0.1) is 23.8 Å². The maximum atomic E-state index is 13.6. The van der Waals surface area contributed by atoms with Crippen molar-refractivity contribution in [1.82, 2.24) is 10.6 Å². The van der Waals surface area contributed by atoms with Crippen molar-refractivity contribution in [2.24, 2.45) is 0 Å². The van der Waals surface area contributed by atoms with E-state index in [0.717, 1.165) is 24.0 Å². The number of carbonyl (C=O) groups is 2. The Morgan fingerprint density at radius 2 is 1.81 bits per heavy atom. The highest BCUT2D eigenvalue weighted by atomic mass is 35.5. The van der Waals surface area contributed by atoms with Crippen molar-refractivity contribution in [2.75, 3.05) is 19.0 Å². The minimum absolute atomic E-state index is 0.0469. The third kappa shape index (κ3) is 6.57. The number of rotatable bonds is 9. The van der Waals surface area contributed by atoms with E-state index in [1.807, 2.05) is 0 Å². The lowest BCUT2D eigenvalue weighted by Crippen LogP contribution is -2.50. The second-order valence-corrected chi connectivity index (χ2v) is 9.43. The van der Waals surface area contributed by atoms with Crippen LogP contribution in [-0.4, -0.2) is 31.6 Å². The van der Waals surface area contributed by atoms with Gasteiger partial charge in [-0.2, -0.15) is 5.26 Å². The summed E-state index contributed by atoms with van der Waals surface area (Å²) in [6.07, 6.45) is 1.89. The van der Waals surface area contributed by atoms with Crippen LogP contribution in [0.15, 0.2) is 66.7 Å². The molecule has 0 saturated heterocycles. The van der Waals surface area contributed by atoms with Gasteiger partial charge in [0, 0.05) is 24.1 Å². The summed E-state index contributed by atoms with van der Waals surface area (Å²) in [4.78, 5) is 26.0. The van der Waals surface area contributed by atoms with Crippen LogP contribution >= 0.6 is 11.6 Å². The number of halogens is 2. The molecule has 1 fully saturated rings. The minimum atomic E-state index is -0.876. The molecule has 0 aromatic heterocycles. The smallest absolute Gasteiger partial charge is 0.319 e. The molecule has 0 radical (unpaired) electrons. The molecule has 37 heavy (non-hydrogen) atoms. The SMILES string of the molecule is COc1ccc(NC(=O)N[C@H](Cc2ccc(C#N)cc2)C(=O)NCC2(c3ccc(F)c(Cl)c3)CC2)cc1. The van der Waals surface area contributed by atoms with Crippen molar-refractivity contribution >= 4 is 29.2 Å². The summed E-state index contributed by atoms with van der Waals surface area (Å²) in [6.45, 7) is 0.333.